The van der Waals surface area contributed by atoms with E-state index in [1.54, 1.807) is 24.4 Å². The Balaban J connectivity index is 2.47. The zero-order valence-electron chi connectivity index (χ0n) is 11.6. The Labute approximate surface area is 118 Å². The number of nitrogens with zero attached hydrogens (tertiary/aromatic N) is 1. The van der Waals surface area contributed by atoms with Crippen molar-refractivity contribution in [2.45, 2.75) is 25.7 Å². The summed E-state index contributed by atoms with van der Waals surface area (Å²) in [5, 5.41) is 0. The standard InChI is InChI=1S/C14H17N3O2S/c1-9-4-5-16-8-13(9)17-20(18,19)14-7-11(3)10(2)6-12(14)15/h4-8,17H,15H2,1-3H3. The molecule has 0 amide bonds. The van der Waals surface area contributed by atoms with Crippen molar-refractivity contribution >= 4 is 21.4 Å². The summed E-state index contributed by atoms with van der Waals surface area (Å²) in [6.45, 7) is 5.55. The van der Waals surface area contributed by atoms with Gasteiger partial charge in [-0.2, -0.15) is 0 Å². The molecule has 1 heterocycles. The van der Waals surface area contributed by atoms with Gasteiger partial charge in [0.05, 0.1) is 17.6 Å². The highest BCUT2D eigenvalue weighted by Gasteiger charge is 2.19. The van der Waals surface area contributed by atoms with Gasteiger partial charge in [0.2, 0.25) is 0 Å². The van der Waals surface area contributed by atoms with Gasteiger partial charge in [-0.05, 0) is 55.7 Å². The second-order valence-corrected chi connectivity index (χ2v) is 6.42. The molecule has 0 radical (unpaired) electrons. The third kappa shape index (κ3) is 2.75. The summed E-state index contributed by atoms with van der Waals surface area (Å²) in [4.78, 5) is 4.01. The Morgan fingerprint density at radius 3 is 2.40 bits per heavy atom. The normalized spacial score (nSPS) is 11.3. The summed E-state index contributed by atoms with van der Waals surface area (Å²) in [6.07, 6.45) is 3.08. The summed E-state index contributed by atoms with van der Waals surface area (Å²) in [6, 6.07) is 4.99. The molecule has 0 bridgehead atoms. The summed E-state index contributed by atoms with van der Waals surface area (Å²) in [5.41, 5.74) is 9.15. The molecule has 5 nitrogen and oxygen atoms in total. The average Bonchev–Trinajstić information content (AvgIpc) is 2.36. The van der Waals surface area contributed by atoms with Crippen molar-refractivity contribution in [1.29, 1.82) is 0 Å². The van der Waals surface area contributed by atoms with E-state index in [2.05, 4.69) is 9.71 Å². The predicted molar refractivity (Wildman–Crippen MR) is 80.1 cm³/mol. The first kappa shape index (κ1) is 14.3. The van der Waals surface area contributed by atoms with Crippen LogP contribution < -0.4 is 10.5 Å². The third-order valence-electron chi connectivity index (χ3n) is 3.20. The van der Waals surface area contributed by atoms with Crippen LogP contribution in [0.3, 0.4) is 0 Å². The Morgan fingerprint density at radius 2 is 1.75 bits per heavy atom. The average molecular weight is 291 g/mol. The minimum Gasteiger partial charge on any atom is -0.398 e. The number of benzene rings is 1. The summed E-state index contributed by atoms with van der Waals surface area (Å²) < 4.78 is 27.4. The third-order valence-corrected chi connectivity index (χ3v) is 4.62. The number of hydrogen-bond donors (Lipinski definition) is 2. The Hall–Kier alpha value is -2.08. The number of aromatic nitrogens is 1. The summed E-state index contributed by atoms with van der Waals surface area (Å²) in [5.74, 6) is 0. The van der Waals surface area contributed by atoms with Crippen LogP contribution in [0.2, 0.25) is 0 Å². The summed E-state index contributed by atoms with van der Waals surface area (Å²) >= 11 is 0. The zero-order chi connectivity index (χ0) is 14.9. The lowest BCUT2D eigenvalue weighted by Crippen LogP contribution is -2.16. The molecule has 0 unspecified atom stereocenters. The number of nitrogens with two attached hydrogens (primary N) is 1. The quantitative estimate of drug-likeness (QED) is 0.850. The maximum absolute atomic E-state index is 12.4. The monoisotopic (exact) mass is 291 g/mol. The van der Waals surface area contributed by atoms with Crippen LogP contribution in [-0.4, -0.2) is 13.4 Å². The van der Waals surface area contributed by atoms with Gasteiger partial charge in [-0.3, -0.25) is 9.71 Å². The van der Waals surface area contributed by atoms with Crippen molar-refractivity contribution in [1.82, 2.24) is 4.98 Å². The van der Waals surface area contributed by atoms with Gasteiger partial charge in [0.25, 0.3) is 10.0 Å². The lowest BCUT2D eigenvalue weighted by Gasteiger charge is -2.13. The first-order valence-corrected chi connectivity index (χ1v) is 7.60. The van der Waals surface area contributed by atoms with Crippen molar-refractivity contribution in [3.8, 4) is 0 Å². The second-order valence-electron chi connectivity index (χ2n) is 4.77. The number of nitrogen functional groups attached to an aromatic ring is 1. The van der Waals surface area contributed by atoms with Crippen molar-refractivity contribution in [3.05, 3.63) is 47.3 Å². The van der Waals surface area contributed by atoms with E-state index in [4.69, 9.17) is 5.73 Å². The number of rotatable bonds is 3. The molecule has 0 aliphatic carbocycles. The van der Waals surface area contributed by atoms with Gasteiger partial charge < -0.3 is 5.73 Å². The number of pyridine rings is 1. The molecule has 0 aliphatic rings. The fourth-order valence-corrected chi connectivity index (χ4v) is 3.13. The van der Waals surface area contributed by atoms with Crippen molar-refractivity contribution < 1.29 is 8.42 Å². The van der Waals surface area contributed by atoms with Gasteiger partial charge in [-0.15, -0.1) is 0 Å². The highest BCUT2D eigenvalue weighted by molar-refractivity contribution is 7.92. The van der Waals surface area contributed by atoms with Gasteiger partial charge in [0, 0.05) is 6.20 Å². The van der Waals surface area contributed by atoms with Gasteiger partial charge in [0.15, 0.2) is 0 Å². The Kier molecular flexibility index (Phi) is 3.67. The van der Waals surface area contributed by atoms with Crippen LogP contribution in [0, 0.1) is 20.8 Å². The van der Waals surface area contributed by atoms with Gasteiger partial charge in [-0.1, -0.05) is 0 Å². The number of nitrogens with one attached hydrogen (secondary N) is 1. The molecule has 2 aromatic rings. The van der Waals surface area contributed by atoms with Crippen LogP contribution >= 0.6 is 0 Å². The van der Waals surface area contributed by atoms with Crippen molar-refractivity contribution in [2.24, 2.45) is 0 Å². The Morgan fingerprint density at radius 1 is 1.10 bits per heavy atom. The van der Waals surface area contributed by atoms with E-state index in [0.29, 0.717) is 5.69 Å². The van der Waals surface area contributed by atoms with E-state index in [-0.39, 0.29) is 10.6 Å². The molecule has 2 rings (SSSR count). The van der Waals surface area contributed by atoms with E-state index >= 15 is 0 Å². The van der Waals surface area contributed by atoms with Gasteiger partial charge in [-0.25, -0.2) is 8.42 Å². The predicted octanol–water partition coefficient (Wildman–Crippen LogP) is 2.39. The largest absolute Gasteiger partial charge is 0.398 e. The van der Waals surface area contributed by atoms with Crippen LogP contribution in [0.25, 0.3) is 0 Å². The summed E-state index contributed by atoms with van der Waals surface area (Å²) in [7, 11) is -3.72. The molecule has 0 atom stereocenters. The molecule has 0 saturated carbocycles. The van der Waals surface area contributed by atoms with E-state index in [0.717, 1.165) is 16.7 Å². The molecule has 0 fully saturated rings. The molecule has 0 saturated heterocycles. The van der Waals surface area contributed by atoms with Crippen molar-refractivity contribution in [3.63, 3.8) is 0 Å². The lowest BCUT2D eigenvalue weighted by molar-refractivity contribution is 0.601. The molecule has 0 aliphatic heterocycles. The maximum atomic E-state index is 12.4. The Bertz CT molecular complexity index is 755. The first-order valence-electron chi connectivity index (χ1n) is 6.11. The van der Waals surface area contributed by atoms with Crippen molar-refractivity contribution in [2.75, 3.05) is 10.5 Å². The SMILES string of the molecule is Cc1cc(N)c(S(=O)(=O)Nc2cnccc2C)cc1C. The van der Waals surface area contributed by atoms with Crippen LogP contribution in [0.4, 0.5) is 11.4 Å². The lowest BCUT2D eigenvalue weighted by atomic mass is 10.1. The molecule has 106 valence electrons. The van der Waals surface area contributed by atoms with Gasteiger partial charge >= 0.3 is 0 Å². The number of anilines is 2. The minimum absolute atomic E-state index is 0.0869. The smallest absolute Gasteiger partial charge is 0.264 e. The van der Waals surface area contributed by atoms with Crippen LogP contribution in [-0.2, 0) is 10.0 Å². The fourth-order valence-electron chi connectivity index (χ4n) is 1.82. The molecular weight excluding hydrogens is 274 g/mol. The van der Waals surface area contributed by atoms with E-state index in [9.17, 15) is 8.42 Å². The molecule has 1 aromatic heterocycles. The van der Waals surface area contributed by atoms with E-state index in [1.165, 1.54) is 6.20 Å². The molecule has 3 N–H and O–H groups in total. The maximum Gasteiger partial charge on any atom is 0.264 e. The molecule has 0 spiro atoms. The van der Waals surface area contributed by atoms with Gasteiger partial charge in [0.1, 0.15) is 4.90 Å². The number of sulfonamides is 1. The van der Waals surface area contributed by atoms with Crippen LogP contribution in [0.15, 0.2) is 35.5 Å². The highest BCUT2D eigenvalue weighted by Crippen LogP contribution is 2.25. The highest BCUT2D eigenvalue weighted by atomic mass is 32.2. The fraction of sp³-hybridized carbons (Fsp3) is 0.214. The minimum atomic E-state index is -3.72. The van der Waals surface area contributed by atoms with Crippen LogP contribution in [0.5, 0.6) is 0 Å². The molecular formula is C14H17N3O2S. The molecule has 20 heavy (non-hydrogen) atoms. The number of aryl methyl sites for hydroxylation is 3. The topological polar surface area (TPSA) is 85.1 Å². The zero-order valence-corrected chi connectivity index (χ0v) is 12.5. The van der Waals surface area contributed by atoms with E-state index < -0.39 is 10.0 Å². The second kappa shape index (κ2) is 5.13. The molecule has 1 aromatic carbocycles. The number of hydrogen-bond acceptors (Lipinski definition) is 4. The molecule has 6 heteroatoms. The van der Waals surface area contributed by atoms with Crippen LogP contribution in [0.1, 0.15) is 16.7 Å². The first-order chi connectivity index (χ1) is 9.31. The van der Waals surface area contributed by atoms with E-state index in [1.807, 2.05) is 20.8 Å².